The minimum atomic E-state index is -1.02. The number of piperidine rings is 1. The van der Waals surface area contributed by atoms with Gasteiger partial charge in [-0.05, 0) is 56.9 Å². The Morgan fingerprint density at radius 2 is 1.61 bits per heavy atom. The van der Waals surface area contributed by atoms with E-state index in [0.29, 0.717) is 129 Å². The Bertz CT molecular complexity index is 2720. The third-order valence-electron chi connectivity index (χ3n) is 12.0. The van der Waals surface area contributed by atoms with Crippen molar-refractivity contribution in [3.05, 3.63) is 99.6 Å². The van der Waals surface area contributed by atoms with Crippen molar-refractivity contribution >= 4 is 75.5 Å². The summed E-state index contributed by atoms with van der Waals surface area (Å²) in [6.45, 7) is 10.6. The second-order valence-corrected chi connectivity index (χ2v) is 18.4. The SMILES string of the molecule is Cc1cccc(/C=C/c2cnc(Nc3cc(N4CCN(C(=O)CCCc5cn(CCOCCOCCOCCOCCNc6cccc7c6C(=O)N(C6CCC(=O)NC6=O)C7=O)nn5)CC4)nc(C)n3)s2)c1. The molecule has 1 atom stereocenters. The van der Waals surface area contributed by atoms with Crippen molar-refractivity contribution in [1.82, 2.24) is 45.1 Å². The first-order valence-electron chi connectivity index (χ1n) is 24.2. The lowest BCUT2D eigenvalue weighted by Crippen LogP contribution is -2.54. The zero-order chi connectivity index (χ0) is 50.2. The number of amides is 5. The predicted molar refractivity (Wildman–Crippen MR) is 269 cm³/mol. The number of carbonyl (C=O) groups is 5. The number of aromatic nitrogens is 6. The van der Waals surface area contributed by atoms with Crippen molar-refractivity contribution in [2.75, 3.05) is 101 Å². The zero-order valence-electron chi connectivity index (χ0n) is 40.5. The molecule has 380 valence electrons. The molecular weight excluding hydrogens is 945 g/mol. The molecule has 72 heavy (non-hydrogen) atoms. The van der Waals surface area contributed by atoms with Crippen molar-refractivity contribution in [2.24, 2.45) is 0 Å². The molecule has 0 bridgehead atoms. The molecule has 8 rings (SSSR count). The number of imide groups is 2. The van der Waals surface area contributed by atoms with Crippen LogP contribution in [0.2, 0.25) is 0 Å². The summed E-state index contributed by atoms with van der Waals surface area (Å²) in [7, 11) is 0. The summed E-state index contributed by atoms with van der Waals surface area (Å²) in [4.78, 5) is 83.2. The van der Waals surface area contributed by atoms with Gasteiger partial charge in [0.05, 0.1) is 76.2 Å². The molecule has 2 saturated heterocycles. The Morgan fingerprint density at radius 3 is 2.38 bits per heavy atom. The lowest BCUT2D eigenvalue weighted by molar-refractivity contribution is -0.136. The van der Waals surface area contributed by atoms with E-state index in [2.05, 4.69) is 84.5 Å². The molecule has 0 radical (unpaired) electrons. The van der Waals surface area contributed by atoms with E-state index in [4.69, 9.17) is 23.9 Å². The van der Waals surface area contributed by atoms with Crippen molar-refractivity contribution in [3.8, 4) is 0 Å². The van der Waals surface area contributed by atoms with E-state index in [1.807, 2.05) is 30.3 Å². The van der Waals surface area contributed by atoms with Gasteiger partial charge < -0.3 is 39.4 Å². The number of aryl methyl sites for hydroxylation is 3. The Hall–Kier alpha value is -6.98. The third kappa shape index (κ3) is 14.1. The summed E-state index contributed by atoms with van der Waals surface area (Å²) in [5.74, 6) is 0.105. The quantitative estimate of drug-likeness (QED) is 0.0517. The summed E-state index contributed by atoms with van der Waals surface area (Å²) < 4.78 is 24.3. The predicted octanol–water partition coefficient (Wildman–Crippen LogP) is 4.31. The zero-order valence-corrected chi connectivity index (χ0v) is 41.4. The molecular formula is C50H60N12O9S. The van der Waals surface area contributed by atoms with Crippen LogP contribution in [0.15, 0.2) is 60.9 Å². The highest BCUT2D eigenvalue weighted by molar-refractivity contribution is 7.16. The van der Waals surface area contributed by atoms with Crippen LogP contribution in [0.3, 0.4) is 0 Å². The van der Waals surface area contributed by atoms with Gasteiger partial charge in [-0.3, -0.25) is 34.2 Å². The maximum absolute atomic E-state index is 13.2. The molecule has 6 heterocycles. The van der Waals surface area contributed by atoms with Gasteiger partial charge in [-0.2, -0.15) is 0 Å². The van der Waals surface area contributed by atoms with E-state index >= 15 is 0 Å². The number of rotatable bonds is 26. The fourth-order valence-electron chi connectivity index (χ4n) is 8.43. The Balaban J connectivity index is 0.621. The second-order valence-electron chi connectivity index (χ2n) is 17.3. The van der Waals surface area contributed by atoms with Crippen LogP contribution in [-0.2, 0) is 46.3 Å². The van der Waals surface area contributed by atoms with Gasteiger partial charge in [0.2, 0.25) is 17.7 Å². The smallest absolute Gasteiger partial charge is 0.264 e. The molecule has 3 aromatic heterocycles. The number of fused-ring (bicyclic) bond motifs is 1. The van der Waals surface area contributed by atoms with Gasteiger partial charge in [-0.1, -0.05) is 58.5 Å². The van der Waals surface area contributed by atoms with Crippen LogP contribution in [0.5, 0.6) is 0 Å². The number of thiazole rings is 1. The Kier molecular flexibility index (Phi) is 18.1. The first kappa shape index (κ1) is 51.4. The maximum Gasteiger partial charge on any atom is 0.264 e. The van der Waals surface area contributed by atoms with Gasteiger partial charge in [-0.15, -0.1) is 5.10 Å². The van der Waals surface area contributed by atoms with Crippen LogP contribution in [-0.4, -0.2) is 161 Å². The van der Waals surface area contributed by atoms with Crippen molar-refractivity contribution < 1.29 is 42.9 Å². The number of hydrogen-bond donors (Lipinski definition) is 3. The molecule has 5 amide bonds. The van der Waals surface area contributed by atoms with Crippen LogP contribution in [0.1, 0.15) is 73.9 Å². The van der Waals surface area contributed by atoms with Gasteiger partial charge >= 0.3 is 0 Å². The number of piperazine rings is 1. The molecule has 0 spiro atoms. The first-order chi connectivity index (χ1) is 35.1. The molecule has 0 aliphatic carbocycles. The lowest BCUT2D eigenvalue weighted by Gasteiger charge is -2.35. The number of ether oxygens (including phenoxy) is 4. The van der Waals surface area contributed by atoms with Crippen LogP contribution >= 0.6 is 11.3 Å². The number of nitrogens with one attached hydrogen (secondary N) is 3. The minimum Gasteiger partial charge on any atom is -0.382 e. The third-order valence-corrected chi connectivity index (χ3v) is 12.9. The van der Waals surface area contributed by atoms with E-state index < -0.39 is 29.7 Å². The summed E-state index contributed by atoms with van der Waals surface area (Å²) in [6, 6.07) is 14.2. The summed E-state index contributed by atoms with van der Waals surface area (Å²) in [6.07, 6.45) is 9.82. The highest BCUT2D eigenvalue weighted by atomic mass is 32.1. The van der Waals surface area contributed by atoms with Gasteiger partial charge in [0.1, 0.15) is 23.5 Å². The molecule has 21 nitrogen and oxygen atoms in total. The normalized spacial score (nSPS) is 16.0. The molecule has 5 aromatic rings. The van der Waals surface area contributed by atoms with Gasteiger partial charge in [-0.25, -0.2) is 19.6 Å². The van der Waals surface area contributed by atoms with Gasteiger partial charge in [0.25, 0.3) is 11.8 Å². The number of carbonyl (C=O) groups excluding carboxylic acids is 5. The Labute approximate surface area is 421 Å². The number of hydrogen-bond acceptors (Lipinski definition) is 18. The van der Waals surface area contributed by atoms with E-state index in [-0.39, 0.29) is 29.9 Å². The van der Waals surface area contributed by atoms with Gasteiger partial charge in [0, 0.05) is 74.6 Å². The van der Waals surface area contributed by atoms with Crippen molar-refractivity contribution in [1.29, 1.82) is 0 Å². The van der Waals surface area contributed by atoms with E-state index in [1.165, 1.54) is 5.56 Å². The number of anilines is 4. The average Bonchev–Trinajstić information content (AvgIpc) is 4.09. The molecule has 1 unspecified atom stereocenters. The maximum atomic E-state index is 13.2. The average molecular weight is 1010 g/mol. The van der Waals surface area contributed by atoms with Crippen LogP contribution in [0.25, 0.3) is 12.2 Å². The van der Waals surface area contributed by atoms with Crippen molar-refractivity contribution in [3.63, 3.8) is 0 Å². The lowest BCUT2D eigenvalue weighted by atomic mass is 10.0. The summed E-state index contributed by atoms with van der Waals surface area (Å²) in [5.41, 5.74) is 4.09. The van der Waals surface area contributed by atoms with Crippen LogP contribution < -0.4 is 20.9 Å². The van der Waals surface area contributed by atoms with E-state index in [0.717, 1.165) is 32.0 Å². The topological polar surface area (TPSA) is 237 Å². The largest absolute Gasteiger partial charge is 0.382 e. The minimum absolute atomic E-state index is 0.0589. The molecule has 3 N–H and O–H groups in total. The molecule has 3 aliphatic heterocycles. The number of nitrogens with zero attached hydrogens (tertiary/aromatic N) is 9. The standard InChI is InChI=1S/C50H60N12O9S/c1-34-6-3-7-36(30-34)12-13-38-32-52-50(72-38)55-42-31-43(54-35(2)53-42)59-17-19-60(20-18-59)45(64)11-4-8-37-33-61(58-57-37)21-23-69-25-27-71-29-28-70-26-24-68-22-16-51-40-10-5-9-39-46(40)49(67)62(48(39)66)41-14-15-44(63)56-47(41)65/h3,5-7,9-10,12-13,30-33,41,51H,4,8,11,14-29H2,1-2H3,(H,56,63,65)(H,52,53,54,55)/b13-12+. The summed E-state index contributed by atoms with van der Waals surface area (Å²) >= 11 is 1.55. The molecule has 3 aliphatic rings. The van der Waals surface area contributed by atoms with Crippen LogP contribution in [0, 0.1) is 13.8 Å². The van der Waals surface area contributed by atoms with Gasteiger partial charge in [0.15, 0.2) is 5.13 Å². The van der Waals surface area contributed by atoms with E-state index in [1.54, 1.807) is 34.2 Å². The van der Waals surface area contributed by atoms with Crippen molar-refractivity contribution in [2.45, 2.75) is 58.5 Å². The number of benzene rings is 2. The molecule has 0 saturated carbocycles. The fraction of sp³-hybridized carbons (Fsp3) is 0.440. The van der Waals surface area contributed by atoms with E-state index in [9.17, 15) is 24.0 Å². The first-order valence-corrected chi connectivity index (χ1v) is 25.0. The fourth-order valence-corrected chi connectivity index (χ4v) is 9.15. The molecule has 22 heteroatoms. The Morgan fingerprint density at radius 1 is 0.861 bits per heavy atom. The molecule has 2 aromatic carbocycles. The highest BCUT2D eigenvalue weighted by Crippen LogP contribution is 2.32. The monoisotopic (exact) mass is 1000 g/mol. The molecule has 2 fully saturated rings. The van der Waals surface area contributed by atoms with Crippen LogP contribution in [0.4, 0.5) is 22.5 Å². The highest BCUT2D eigenvalue weighted by Gasteiger charge is 2.45. The second kappa shape index (κ2) is 25.4. The summed E-state index contributed by atoms with van der Waals surface area (Å²) in [5, 5.41) is 17.9.